The van der Waals surface area contributed by atoms with Crippen molar-refractivity contribution in [2.75, 3.05) is 13.2 Å². The molecule has 0 atom stereocenters. The summed E-state index contributed by atoms with van der Waals surface area (Å²) in [5, 5.41) is 12.8. The summed E-state index contributed by atoms with van der Waals surface area (Å²) in [5.74, 6) is -1.21. The summed E-state index contributed by atoms with van der Waals surface area (Å²) in [7, 11) is 0. The first-order chi connectivity index (χ1) is 9.42. The lowest BCUT2D eigenvalue weighted by molar-refractivity contribution is -0.139. The van der Waals surface area contributed by atoms with Crippen LogP contribution in [-0.4, -0.2) is 40.7 Å². The van der Waals surface area contributed by atoms with Crippen molar-refractivity contribution >= 4 is 23.2 Å². The van der Waals surface area contributed by atoms with Crippen LogP contribution >= 0.6 is 11.3 Å². The van der Waals surface area contributed by atoms with Crippen LogP contribution in [0.5, 0.6) is 0 Å². The van der Waals surface area contributed by atoms with E-state index in [-0.39, 0.29) is 12.3 Å². The normalized spacial score (nSPS) is 17.7. The molecule has 1 fully saturated rings. The maximum absolute atomic E-state index is 12.3. The Balaban J connectivity index is 2.17. The fourth-order valence-electron chi connectivity index (χ4n) is 2.44. The first-order valence-corrected chi connectivity index (χ1v) is 7.30. The van der Waals surface area contributed by atoms with Crippen molar-refractivity contribution in [2.45, 2.75) is 38.6 Å². The molecule has 1 aromatic rings. The summed E-state index contributed by atoms with van der Waals surface area (Å²) in [4.78, 5) is 28.4. The third-order valence-electron chi connectivity index (χ3n) is 3.44. The van der Waals surface area contributed by atoms with Crippen molar-refractivity contribution in [1.82, 2.24) is 10.3 Å². The topological polar surface area (TPSA) is 88.5 Å². The highest BCUT2D eigenvalue weighted by Gasteiger charge is 2.37. The molecule has 1 aromatic heterocycles. The van der Waals surface area contributed by atoms with Gasteiger partial charge in [-0.1, -0.05) is 0 Å². The van der Waals surface area contributed by atoms with Gasteiger partial charge in [-0.3, -0.25) is 9.59 Å². The summed E-state index contributed by atoms with van der Waals surface area (Å²) < 4.78 is 5.26. The number of aliphatic carboxylic acids is 1. The van der Waals surface area contributed by atoms with E-state index in [1.807, 2.05) is 13.8 Å². The van der Waals surface area contributed by atoms with Crippen molar-refractivity contribution in [2.24, 2.45) is 0 Å². The Morgan fingerprint density at radius 1 is 1.40 bits per heavy atom. The molecule has 2 heterocycles. The van der Waals surface area contributed by atoms with E-state index in [9.17, 15) is 9.59 Å². The number of hydrogen-bond donors (Lipinski definition) is 2. The van der Waals surface area contributed by atoms with E-state index in [4.69, 9.17) is 9.84 Å². The highest BCUT2D eigenvalue weighted by Crippen LogP contribution is 2.26. The average molecular weight is 298 g/mol. The number of aryl methyl sites for hydroxylation is 2. The molecule has 110 valence electrons. The fraction of sp³-hybridized carbons (Fsp3) is 0.615. The number of carboxylic acids is 1. The second-order valence-electron chi connectivity index (χ2n) is 5.06. The molecular weight excluding hydrogens is 280 g/mol. The van der Waals surface area contributed by atoms with Crippen LogP contribution in [0.2, 0.25) is 0 Å². The SMILES string of the molecule is Cc1nc(C(=O)NC2(CC(=O)O)CCOCC2)c(C)s1. The van der Waals surface area contributed by atoms with E-state index in [1.165, 1.54) is 11.3 Å². The maximum Gasteiger partial charge on any atom is 0.305 e. The number of aromatic nitrogens is 1. The lowest BCUT2D eigenvalue weighted by Crippen LogP contribution is -2.53. The Morgan fingerprint density at radius 3 is 2.55 bits per heavy atom. The molecule has 0 unspecified atom stereocenters. The summed E-state index contributed by atoms with van der Waals surface area (Å²) in [5.41, 5.74) is -0.339. The van der Waals surface area contributed by atoms with Gasteiger partial charge in [-0.15, -0.1) is 11.3 Å². The largest absolute Gasteiger partial charge is 0.481 e. The van der Waals surface area contributed by atoms with E-state index in [2.05, 4.69) is 10.3 Å². The monoisotopic (exact) mass is 298 g/mol. The van der Waals surface area contributed by atoms with Crippen LogP contribution in [0.1, 0.15) is 39.6 Å². The average Bonchev–Trinajstić information content (AvgIpc) is 2.68. The number of carbonyl (C=O) groups is 2. The van der Waals surface area contributed by atoms with E-state index in [0.29, 0.717) is 31.7 Å². The zero-order chi connectivity index (χ0) is 14.8. The van der Waals surface area contributed by atoms with Crippen LogP contribution in [0, 0.1) is 13.8 Å². The third-order valence-corrected chi connectivity index (χ3v) is 4.32. The molecule has 2 N–H and O–H groups in total. The third kappa shape index (κ3) is 3.34. The molecule has 6 nitrogen and oxygen atoms in total. The summed E-state index contributed by atoms with van der Waals surface area (Å²) in [6, 6.07) is 0. The molecule has 1 aliphatic rings. The highest BCUT2D eigenvalue weighted by molar-refractivity contribution is 7.11. The van der Waals surface area contributed by atoms with Crippen molar-refractivity contribution < 1.29 is 19.4 Å². The van der Waals surface area contributed by atoms with E-state index < -0.39 is 11.5 Å². The van der Waals surface area contributed by atoms with E-state index in [1.54, 1.807) is 0 Å². The summed E-state index contributed by atoms with van der Waals surface area (Å²) >= 11 is 1.46. The first kappa shape index (κ1) is 14.9. The second kappa shape index (κ2) is 5.88. The smallest absolute Gasteiger partial charge is 0.305 e. The number of carboxylic acid groups (broad SMARTS) is 1. The second-order valence-corrected chi connectivity index (χ2v) is 6.46. The Hall–Kier alpha value is -1.47. The predicted octanol–water partition coefficient (Wildman–Crippen LogP) is 1.51. The summed E-state index contributed by atoms with van der Waals surface area (Å²) in [6.45, 7) is 4.61. The van der Waals surface area contributed by atoms with Gasteiger partial charge in [-0.05, 0) is 26.7 Å². The lowest BCUT2D eigenvalue weighted by atomic mass is 9.86. The van der Waals surface area contributed by atoms with Crippen LogP contribution in [-0.2, 0) is 9.53 Å². The molecule has 2 rings (SSSR count). The Kier molecular flexibility index (Phi) is 4.39. The van der Waals surface area contributed by atoms with Gasteiger partial charge in [0.1, 0.15) is 5.69 Å². The molecular formula is C13H18N2O4S. The molecule has 0 aromatic carbocycles. The molecule has 0 spiro atoms. The Morgan fingerprint density at radius 2 is 2.05 bits per heavy atom. The minimum Gasteiger partial charge on any atom is -0.481 e. The minimum absolute atomic E-state index is 0.0930. The van der Waals surface area contributed by atoms with Gasteiger partial charge in [0.25, 0.3) is 5.91 Å². The van der Waals surface area contributed by atoms with Gasteiger partial charge < -0.3 is 15.2 Å². The maximum atomic E-state index is 12.3. The number of ether oxygens (including phenoxy) is 1. The van der Waals surface area contributed by atoms with Crippen molar-refractivity contribution in [3.8, 4) is 0 Å². The predicted molar refractivity (Wildman–Crippen MR) is 74.1 cm³/mol. The number of rotatable bonds is 4. The van der Waals surface area contributed by atoms with Gasteiger partial charge >= 0.3 is 5.97 Å². The quantitative estimate of drug-likeness (QED) is 0.879. The number of nitrogens with zero attached hydrogens (tertiary/aromatic N) is 1. The molecule has 0 bridgehead atoms. The molecule has 7 heteroatoms. The highest BCUT2D eigenvalue weighted by atomic mass is 32.1. The number of carbonyl (C=O) groups excluding carboxylic acids is 1. The number of hydrogen-bond acceptors (Lipinski definition) is 5. The van der Waals surface area contributed by atoms with Gasteiger partial charge in [0.15, 0.2) is 0 Å². The standard InChI is InChI=1S/C13H18N2O4S/c1-8-11(14-9(2)20-8)12(18)15-13(7-10(16)17)3-5-19-6-4-13/h3-7H2,1-2H3,(H,15,18)(H,16,17). The lowest BCUT2D eigenvalue weighted by Gasteiger charge is -2.36. The molecule has 0 aliphatic carbocycles. The number of thiazole rings is 1. The fourth-order valence-corrected chi connectivity index (χ4v) is 3.25. The van der Waals surface area contributed by atoms with Gasteiger partial charge in [0.2, 0.25) is 0 Å². The van der Waals surface area contributed by atoms with E-state index >= 15 is 0 Å². The van der Waals surface area contributed by atoms with Crippen molar-refractivity contribution in [1.29, 1.82) is 0 Å². The van der Waals surface area contributed by atoms with E-state index in [0.717, 1.165) is 9.88 Å². The zero-order valence-electron chi connectivity index (χ0n) is 11.6. The molecule has 1 saturated heterocycles. The van der Waals surface area contributed by atoms with Crippen LogP contribution in [0.4, 0.5) is 0 Å². The van der Waals surface area contributed by atoms with Gasteiger partial charge in [-0.2, -0.15) is 0 Å². The molecule has 0 saturated carbocycles. The molecule has 1 aliphatic heterocycles. The number of nitrogens with one attached hydrogen (secondary N) is 1. The molecule has 1 amide bonds. The summed E-state index contributed by atoms with van der Waals surface area (Å²) in [6.07, 6.45) is 0.921. The minimum atomic E-state index is -0.918. The van der Waals surface area contributed by atoms with Crippen molar-refractivity contribution in [3.63, 3.8) is 0 Å². The Labute approximate surface area is 121 Å². The number of amides is 1. The van der Waals surface area contributed by atoms with Gasteiger partial charge in [0.05, 0.1) is 17.0 Å². The zero-order valence-corrected chi connectivity index (χ0v) is 12.4. The Bertz CT molecular complexity index is 520. The van der Waals surface area contributed by atoms with Crippen molar-refractivity contribution in [3.05, 3.63) is 15.6 Å². The first-order valence-electron chi connectivity index (χ1n) is 6.48. The van der Waals surface area contributed by atoms with Crippen LogP contribution in [0.25, 0.3) is 0 Å². The van der Waals surface area contributed by atoms with Gasteiger partial charge in [0, 0.05) is 18.1 Å². The van der Waals surface area contributed by atoms with Crippen LogP contribution < -0.4 is 5.32 Å². The molecule has 0 radical (unpaired) electrons. The molecule has 20 heavy (non-hydrogen) atoms. The van der Waals surface area contributed by atoms with Crippen LogP contribution in [0.3, 0.4) is 0 Å². The van der Waals surface area contributed by atoms with Crippen LogP contribution in [0.15, 0.2) is 0 Å². The van der Waals surface area contributed by atoms with Gasteiger partial charge in [-0.25, -0.2) is 4.98 Å².